The van der Waals surface area contributed by atoms with Gasteiger partial charge in [0.2, 0.25) is 0 Å². The van der Waals surface area contributed by atoms with Crippen LogP contribution in [0.15, 0.2) is 61.2 Å². The van der Waals surface area contributed by atoms with E-state index in [1.54, 1.807) is 46.4 Å². The van der Waals surface area contributed by atoms with Crippen LogP contribution in [-0.4, -0.2) is 49.7 Å². The Morgan fingerprint density at radius 3 is 2.41 bits per heavy atom. The Kier molecular flexibility index (Phi) is 4.42. The molecule has 7 heteroatoms. The van der Waals surface area contributed by atoms with Crippen molar-refractivity contribution in [2.75, 3.05) is 13.1 Å². The van der Waals surface area contributed by atoms with Crippen molar-refractivity contribution in [3.63, 3.8) is 0 Å². The molecule has 0 aliphatic carbocycles. The van der Waals surface area contributed by atoms with Crippen LogP contribution in [0.5, 0.6) is 0 Å². The van der Waals surface area contributed by atoms with Crippen molar-refractivity contribution in [2.45, 2.75) is 12.3 Å². The maximum atomic E-state index is 12.8. The first-order valence-electron chi connectivity index (χ1n) is 8.70. The first kappa shape index (κ1) is 17.0. The average Bonchev–Trinajstić information content (AvgIpc) is 3.40. The summed E-state index contributed by atoms with van der Waals surface area (Å²) in [7, 11) is 0. The average molecular weight is 362 g/mol. The molecule has 7 nitrogen and oxygen atoms in total. The minimum Gasteiger partial charge on any atom is -0.478 e. The number of hydrogen-bond donors (Lipinski definition) is 1. The van der Waals surface area contributed by atoms with Crippen LogP contribution in [0.3, 0.4) is 0 Å². The van der Waals surface area contributed by atoms with E-state index in [0.717, 1.165) is 17.7 Å². The van der Waals surface area contributed by atoms with E-state index in [0.29, 0.717) is 24.2 Å². The van der Waals surface area contributed by atoms with E-state index >= 15 is 0 Å². The van der Waals surface area contributed by atoms with Crippen LogP contribution in [0.4, 0.5) is 0 Å². The summed E-state index contributed by atoms with van der Waals surface area (Å²) >= 11 is 0. The number of carboxylic acid groups (broad SMARTS) is 1. The zero-order chi connectivity index (χ0) is 18.8. The highest BCUT2D eigenvalue weighted by molar-refractivity contribution is 5.95. The molecule has 1 aliphatic heterocycles. The van der Waals surface area contributed by atoms with Gasteiger partial charge in [0.05, 0.1) is 5.56 Å². The molecule has 136 valence electrons. The van der Waals surface area contributed by atoms with Gasteiger partial charge in [-0.1, -0.05) is 18.2 Å². The number of nitrogens with zero attached hydrogens (tertiary/aromatic N) is 4. The third-order valence-corrected chi connectivity index (χ3v) is 4.94. The van der Waals surface area contributed by atoms with Crippen molar-refractivity contribution in [1.29, 1.82) is 0 Å². The van der Waals surface area contributed by atoms with Gasteiger partial charge >= 0.3 is 5.97 Å². The highest BCUT2D eigenvalue weighted by Gasteiger charge is 2.30. The number of carboxylic acids is 1. The Labute approximate surface area is 155 Å². The maximum absolute atomic E-state index is 12.8. The summed E-state index contributed by atoms with van der Waals surface area (Å²) < 4.78 is 1.77. The number of likely N-dealkylation sites (tertiary alicyclic amines) is 1. The third-order valence-electron chi connectivity index (χ3n) is 4.94. The van der Waals surface area contributed by atoms with Crippen LogP contribution < -0.4 is 0 Å². The quantitative estimate of drug-likeness (QED) is 0.771. The summed E-state index contributed by atoms with van der Waals surface area (Å²) in [6.45, 7) is 1.14. The molecule has 0 radical (unpaired) electrons. The van der Waals surface area contributed by atoms with E-state index < -0.39 is 5.97 Å². The van der Waals surface area contributed by atoms with Gasteiger partial charge in [0, 0.05) is 30.3 Å². The molecule has 0 unspecified atom stereocenters. The Balaban J connectivity index is 1.49. The van der Waals surface area contributed by atoms with Crippen molar-refractivity contribution >= 4 is 11.9 Å². The molecular formula is C20H18N4O3. The van der Waals surface area contributed by atoms with Gasteiger partial charge in [-0.3, -0.25) is 9.36 Å². The first-order valence-corrected chi connectivity index (χ1v) is 8.70. The molecule has 1 aromatic heterocycles. The number of hydrogen-bond acceptors (Lipinski definition) is 4. The Bertz CT molecular complexity index is 967. The van der Waals surface area contributed by atoms with E-state index in [1.807, 2.05) is 24.3 Å². The van der Waals surface area contributed by atoms with Gasteiger partial charge in [0.1, 0.15) is 12.7 Å². The topological polar surface area (TPSA) is 88.3 Å². The van der Waals surface area contributed by atoms with E-state index in [2.05, 4.69) is 10.2 Å². The summed E-state index contributed by atoms with van der Waals surface area (Å²) in [6, 6.07) is 14.3. The lowest BCUT2D eigenvalue weighted by atomic mass is 9.93. The second-order valence-electron chi connectivity index (χ2n) is 6.55. The molecule has 0 saturated carbocycles. The molecule has 1 atom stereocenters. The summed E-state index contributed by atoms with van der Waals surface area (Å²) in [5.74, 6) is -0.932. The number of rotatable bonds is 4. The predicted octanol–water partition coefficient (Wildman–Crippen LogP) is 2.60. The predicted molar refractivity (Wildman–Crippen MR) is 98.0 cm³/mol. The normalized spacial score (nSPS) is 16.4. The molecule has 1 aliphatic rings. The Hall–Kier alpha value is -3.48. The summed E-state index contributed by atoms with van der Waals surface area (Å²) in [5.41, 5.74) is 2.60. The largest absolute Gasteiger partial charge is 0.478 e. The lowest BCUT2D eigenvalue weighted by Crippen LogP contribution is -2.28. The number of amides is 1. The number of carbonyl (C=O) groups excluding carboxylic acids is 1. The van der Waals surface area contributed by atoms with Crippen LogP contribution >= 0.6 is 0 Å². The lowest BCUT2D eigenvalue weighted by Gasteiger charge is -2.18. The van der Waals surface area contributed by atoms with Crippen LogP contribution in [0, 0.1) is 0 Å². The smallest absolute Gasteiger partial charge is 0.335 e. The van der Waals surface area contributed by atoms with Gasteiger partial charge in [-0.25, -0.2) is 4.79 Å². The molecule has 2 aromatic carbocycles. The zero-order valence-corrected chi connectivity index (χ0v) is 14.5. The molecule has 0 spiro atoms. The summed E-state index contributed by atoms with van der Waals surface area (Å²) in [4.78, 5) is 26.1. The van der Waals surface area contributed by atoms with Crippen molar-refractivity contribution in [3.05, 3.63) is 77.9 Å². The van der Waals surface area contributed by atoms with Crippen LogP contribution in [-0.2, 0) is 0 Å². The fourth-order valence-electron chi connectivity index (χ4n) is 3.54. The van der Waals surface area contributed by atoms with Crippen molar-refractivity contribution in [2.24, 2.45) is 0 Å². The van der Waals surface area contributed by atoms with Gasteiger partial charge in [-0.15, -0.1) is 10.2 Å². The van der Waals surface area contributed by atoms with Crippen LogP contribution in [0.1, 0.15) is 38.6 Å². The monoisotopic (exact) mass is 362 g/mol. The molecule has 0 bridgehead atoms. The third kappa shape index (κ3) is 3.31. The van der Waals surface area contributed by atoms with Crippen LogP contribution in [0.2, 0.25) is 0 Å². The number of carbonyl (C=O) groups is 2. The number of aromatic carboxylic acids is 1. The van der Waals surface area contributed by atoms with Gasteiger partial charge < -0.3 is 10.0 Å². The lowest BCUT2D eigenvalue weighted by molar-refractivity contribution is 0.0695. The molecule has 1 fully saturated rings. The van der Waals surface area contributed by atoms with Gasteiger partial charge in [-0.05, 0) is 42.3 Å². The molecule has 1 N–H and O–H groups in total. The van der Waals surface area contributed by atoms with Crippen molar-refractivity contribution < 1.29 is 14.7 Å². The fourth-order valence-corrected chi connectivity index (χ4v) is 3.54. The first-order chi connectivity index (χ1) is 13.1. The standard InChI is InChI=1S/C20H18N4O3/c25-19(14-5-7-16(8-6-14)24-12-21-22-13-24)23-10-9-15(11-23)17-3-1-2-4-18(17)20(26)27/h1-8,12-13,15H,9-11H2,(H,26,27)/t15-/m1/s1. The van der Waals surface area contributed by atoms with Crippen molar-refractivity contribution in [3.8, 4) is 5.69 Å². The maximum Gasteiger partial charge on any atom is 0.335 e. The zero-order valence-electron chi connectivity index (χ0n) is 14.5. The van der Waals surface area contributed by atoms with Crippen LogP contribution in [0.25, 0.3) is 5.69 Å². The highest BCUT2D eigenvalue weighted by Crippen LogP contribution is 2.30. The molecule has 1 amide bonds. The minimum absolute atomic E-state index is 0.0394. The Morgan fingerprint density at radius 1 is 1.00 bits per heavy atom. The molecule has 2 heterocycles. The second kappa shape index (κ2) is 7.03. The second-order valence-corrected chi connectivity index (χ2v) is 6.55. The Morgan fingerprint density at radius 2 is 1.70 bits per heavy atom. The van der Waals surface area contributed by atoms with E-state index in [4.69, 9.17) is 0 Å². The molecule has 3 aromatic rings. The summed E-state index contributed by atoms with van der Waals surface area (Å²) in [5, 5.41) is 16.9. The fraction of sp³-hybridized carbons (Fsp3) is 0.200. The molecule has 27 heavy (non-hydrogen) atoms. The van der Waals surface area contributed by atoms with E-state index in [9.17, 15) is 14.7 Å². The highest BCUT2D eigenvalue weighted by atomic mass is 16.4. The minimum atomic E-state index is -0.931. The van der Waals surface area contributed by atoms with E-state index in [1.165, 1.54) is 0 Å². The molecule has 4 rings (SSSR count). The van der Waals surface area contributed by atoms with Crippen molar-refractivity contribution in [1.82, 2.24) is 19.7 Å². The summed E-state index contributed by atoms with van der Waals surface area (Å²) in [6.07, 6.45) is 3.96. The van der Waals surface area contributed by atoms with Gasteiger partial charge in [-0.2, -0.15) is 0 Å². The van der Waals surface area contributed by atoms with Gasteiger partial charge in [0.15, 0.2) is 0 Å². The number of aromatic nitrogens is 3. The van der Waals surface area contributed by atoms with E-state index in [-0.39, 0.29) is 11.8 Å². The SMILES string of the molecule is O=C(O)c1ccccc1[C@@H]1CCN(C(=O)c2ccc(-n3cnnc3)cc2)C1. The van der Waals surface area contributed by atoms with Gasteiger partial charge in [0.25, 0.3) is 5.91 Å². The molecule has 1 saturated heterocycles. The molecular weight excluding hydrogens is 344 g/mol. The number of benzene rings is 2.